The number of benzene rings is 3. The molecule has 12 heteroatoms. The molecule has 6 nitrogen and oxygen atoms in total. The number of rotatable bonds is 6. The molecule has 3 aromatic carbocycles. The van der Waals surface area contributed by atoms with Gasteiger partial charge in [-0.05, 0) is 35.0 Å². The first-order valence-corrected chi connectivity index (χ1v) is 11.0. The van der Waals surface area contributed by atoms with Gasteiger partial charge >= 0.3 is 6.18 Å². The number of fused-ring (bicyclic) bond motifs is 1. The van der Waals surface area contributed by atoms with E-state index < -0.39 is 39.1 Å². The zero-order chi connectivity index (χ0) is 26.1. The highest BCUT2D eigenvalue weighted by molar-refractivity contribution is 6.35. The van der Waals surface area contributed by atoms with Crippen LogP contribution in [0, 0.1) is 5.82 Å². The Morgan fingerprint density at radius 2 is 1.75 bits per heavy atom. The van der Waals surface area contributed by atoms with E-state index in [1.165, 1.54) is 31.6 Å². The van der Waals surface area contributed by atoms with Gasteiger partial charge < -0.3 is 5.32 Å². The van der Waals surface area contributed by atoms with E-state index in [4.69, 9.17) is 28.0 Å². The van der Waals surface area contributed by atoms with Crippen LogP contribution in [0.1, 0.15) is 21.5 Å². The number of amides is 1. The van der Waals surface area contributed by atoms with E-state index in [1.807, 2.05) is 0 Å². The van der Waals surface area contributed by atoms with Crippen LogP contribution < -0.4 is 16.3 Å². The molecule has 1 heterocycles. The van der Waals surface area contributed by atoms with Crippen LogP contribution in [0.3, 0.4) is 0 Å². The largest absolute Gasteiger partial charge is 0.428 e. The minimum absolute atomic E-state index is 0.0174. The Bertz CT molecular complexity index is 1370. The van der Waals surface area contributed by atoms with Gasteiger partial charge in [-0.25, -0.2) is 4.39 Å². The van der Waals surface area contributed by atoms with E-state index in [-0.39, 0.29) is 11.3 Å². The molecule has 4 rings (SSSR count). The number of carbonyl (C=O) groups excluding carboxylic acids is 1. The van der Waals surface area contributed by atoms with E-state index in [2.05, 4.69) is 21.1 Å². The lowest BCUT2D eigenvalue weighted by atomic mass is 9.90. The number of hydroxylamine groups is 2. The average molecular weight is 542 g/mol. The molecule has 3 N–H and O–H groups in total. The Hall–Kier alpha value is -3.31. The van der Waals surface area contributed by atoms with Crippen LogP contribution in [0.15, 0.2) is 67.0 Å². The van der Waals surface area contributed by atoms with Gasteiger partial charge in [0.1, 0.15) is 0 Å². The molecule has 0 aromatic heterocycles. The van der Waals surface area contributed by atoms with Gasteiger partial charge in [-0.3, -0.25) is 25.4 Å². The monoisotopic (exact) mass is 541 g/mol. The van der Waals surface area contributed by atoms with E-state index in [0.717, 1.165) is 18.2 Å². The van der Waals surface area contributed by atoms with Crippen LogP contribution in [0.5, 0.6) is 0 Å². The van der Waals surface area contributed by atoms with Gasteiger partial charge in [0.2, 0.25) is 5.60 Å². The van der Waals surface area contributed by atoms with E-state index in [1.54, 1.807) is 24.3 Å². The van der Waals surface area contributed by atoms with Crippen molar-refractivity contribution in [3.63, 3.8) is 0 Å². The highest BCUT2D eigenvalue weighted by Gasteiger charge is 2.60. The second-order valence-corrected chi connectivity index (χ2v) is 8.40. The standard InChI is InChI=1S/C24H17Cl2F4N3O3/c1-35-32-9-8-31-22(34)17-7-6-16(14-4-2-3-5-15(14)17)20-12-23(36-33-20,24(28,29)30)13-10-18(25)21(27)19(26)11-13/h2-12,32-33H,1H3,(H,31,34). The third kappa shape index (κ3) is 4.60. The number of alkyl halides is 3. The van der Waals surface area contributed by atoms with Gasteiger partial charge in [-0.2, -0.15) is 13.2 Å². The highest BCUT2D eigenvalue weighted by atomic mass is 35.5. The highest BCUT2D eigenvalue weighted by Crippen LogP contribution is 2.49. The maximum absolute atomic E-state index is 14.3. The number of nitrogens with one attached hydrogen (secondary N) is 3. The second-order valence-electron chi connectivity index (χ2n) is 7.58. The minimum atomic E-state index is -4.97. The van der Waals surface area contributed by atoms with Crippen molar-refractivity contribution in [2.24, 2.45) is 0 Å². The number of hydrogen-bond donors (Lipinski definition) is 3. The predicted octanol–water partition coefficient (Wildman–Crippen LogP) is 5.97. The summed E-state index contributed by atoms with van der Waals surface area (Å²) in [5.41, 5.74) is 1.86. The molecule has 36 heavy (non-hydrogen) atoms. The van der Waals surface area contributed by atoms with E-state index in [0.29, 0.717) is 16.3 Å². The lowest BCUT2D eigenvalue weighted by Crippen LogP contribution is -2.42. The second kappa shape index (κ2) is 9.98. The molecular weight excluding hydrogens is 525 g/mol. The molecule has 1 amide bonds. The fourth-order valence-electron chi connectivity index (χ4n) is 3.78. The van der Waals surface area contributed by atoms with Gasteiger partial charge in [0, 0.05) is 29.1 Å². The maximum atomic E-state index is 14.3. The summed E-state index contributed by atoms with van der Waals surface area (Å²) in [4.78, 5) is 22.4. The molecule has 0 saturated heterocycles. The Morgan fingerprint density at radius 3 is 2.39 bits per heavy atom. The summed E-state index contributed by atoms with van der Waals surface area (Å²) >= 11 is 11.5. The summed E-state index contributed by atoms with van der Waals surface area (Å²) in [7, 11) is 1.40. The van der Waals surface area contributed by atoms with Crippen LogP contribution in [0.25, 0.3) is 16.5 Å². The van der Waals surface area contributed by atoms with Crippen molar-refractivity contribution >= 4 is 45.6 Å². The van der Waals surface area contributed by atoms with Crippen LogP contribution in [0.2, 0.25) is 10.0 Å². The smallest absolute Gasteiger partial charge is 0.327 e. The molecule has 188 valence electrons. The van der Waals surface area contributed by atoms with Gasteiger partial charge in [0.15, 0.2) is 5.82 Å². The zero-order valence-electron chi connectivity index (χ0n) is 18.3. The van der Waals surface area contributed by atoms with Crippen molar-refractivity contribution in [2.75, 3.05) is 7.11 Å². The maximum Gasteiger partial charge on any atom is 0.428 e. The third-order valence-electron chi connectivity index (χ3n) is 5.45. The zero-order valence-corrected chi connectivity index (χ0v) is 19.9. The molecule has 0 saturated carbocycles. The van der Waals surface area contributed by atoms with Gasteiger partial charge in [0.05, 0.1) is 22.9 Å². The van der Waals surface area contributed by atoms with Crippen molar-refractivity contribution in [2.45, 2.75) is 11.8 Å². The van der Waals surface area contributed by atoms with Gasteiger partial charge in [-0.1, -0.05) is 53.5 Å². The summed E-state index contributed by atoms with van der Waals surface area (Å²) in [6, 6.07) is 11.3. The first kappa shape index (κ1) is 25.8. The van der Waals surface area contributed by atoms with Crippen molar-refractivity contribution in [1.82, 2.24) is 16.3 Å². The SMILES string of the molecule is CONC=CNC(=O)c1ccc(C2=CC(c3cc(Cl)c(F)c(Cl)c3)(C(F)(F)F)ON2)c2ccccc12. The van der Waals surface area contributed by atoms with Crippen LogP contribution in [-0.4, -0.2) is 19.2 Å². The van der Waals surface area contributed by atoms with Crippen molar-refractivity contribution in [1.29, 1.82) is 0 Å². The predicted molar refractivity (Wildman–Crippen MR) is 127 cm³/mol. The van der Waals surface area contributed by atoms with E-state index in [9.17, 15) is 22.4 Å². The van der Waals surface area contributed by atoms with Crippen molar-refractivity contribution in [3.05, 3.63) is 99.6 Å². The number of halogens is 6. The topological polar surface area (TPSA) is 71.6 Å². The van der Waals surface area contributed by atoms with Gasteiger partial charge in [-0.15, -0.1) is 0 Å². The fraction of sp³-hybridized carbons (Fsp3) is 0.125. The normalized spacial score (nSPS) is 17.8. The summed E-state index contributed by atoms with van der Waals surface area (Å²) in [5, 5.41) is 2.37. The molecular formula is C24H17Cl2F4N3O3. The van der Waals surface area contributed by atoms with Crippen molar-refractivity contribution < 1.29 is 32.0 Å². The minimum Gasteiger partial charge on any atom is -0.327 e. The fourth-order valence-corrected chi connectivity index (χ4v) is 4.26. The summed E-state index contributed by atoms with van der Waals surface area (Å²) in [6.07, 6.45) is -1.44. The summed E-state index contributed by atoms with van der Waals surface area (Å²) in [5.74, 6) is -1.49. The van der Waals surface area contributed by atoms with Crippen LogP contribution in [-0.2, 0) is 15.3 Å². The molecule has 1 aliphatic rings. The lowest BCUT2D eigenvalue weighted by molar-refractivity contribution is -0.269. The molecule has 0 radical (unpaired) electrons. The van der Waals surface area contributed by atoms with Crippen molar-refractivity contribution in [3.8, 4) is 0 Å². The summed E-state index contributed by atoms with van der Waals surface area (Å²) in [6.45, 7) is 0. The Morgan fingerprint density at radius 1 is 1.08 bits per heavy atom. The Labute approximate surface area is 212 Å². The van der Waals surface area contributed by atoms with Gasteiger partial charge in [0.25, 0.3) is 5.91 Å². The quantitative estimate of drug-likeness (QED) is 0.204. The Balaban J connectivity index is 1.81. The van der Waals surface area contributed by atoms with Crippen LogP contribution >= 0.6 is 23.2 Å². The molecule has 3 aromatic rings. The average Bonchev–Trinajstić information content (AvgIpc) is 3.31. The number of hydrogen-bond acceptors (Lipinski definition) is 5. The molecule has 1 aliphatic heterocycles. The third-order valence-corrected chi connectivity index (χ3v) is 6.00. The number of carbonyl (C=O) groups is 1. The molecule has 0 bridgehead atoms. The first-order chi connectivity index (χ1) is 17.1. The molecule has 0 spiro atoms. The molecule has 1 unspecified atom stereocenters. The Kier molecular flexibility index (Phi) is 7.14. The molecule has 1 atom stereocenters. The van der Waals surface area contributed by atoms with E-state index >= 15 is 0 Å². The molecule has 0 aliphatic carbocycles. The summed E-state index contributed by atoms with van der Waals surface area (Å²) < 4.78 is 56.9. The van der Waals surface area contributed by atoms with Crippen LogP contribution in [0.4, 0.5) is 17.6 Å². The molecule has 0 fully saturated rings. The lowest BCUT2D eigenvalue weighted by Gasteiger charge is -2.28. The first-order valence-electron chi connectivity index (χ1n) is 10.2.